The normalized spacial score (nSPS) is 12.8. The van der Waals surface area contributed by atoms with Gasteiger partial charge in [0.2, 0.25) is 5.91 Å². The maximum Gasteiger partial charge on any atom is 0.248 e. The summed E-state index contributed by atoms with van der Waals surface area (Å²) in [7, 11) is 3.50. The number of benzene rings is 1. The zero-order valence-electron chi connectivity index (χ0n) is 13.9. The molecule has 0 radical (unpaired) electrons. The Morgan fingerprint density at radius 3 is 2.23 bits per heavy atom. The van der Waals surface area contributed by atoms with Crippen molar-refractivity contribution in [3.63, 3.8) is 0 Å². The number of likely N-dealkylation sites (N-methyl/N-ethyl adjacent to an activating group) is 1. The van der Waals surface area contributed by atoms with E-state index in [0.717, 1.165) is 11.3 Å². The molecule has 2 aromatic rings. The van der Waals surface area contributed by atoms with Crippen LogP contribution in [0.3, 0.4) is 0 Å². The second-order valence-electron chi connectivity index (χ2n) is 6.01. The van der Waals surface area contributed by atoms with Crippen LogP contribution in [-0.2, 0) is 10.3 Å². The Bertz CT molecular complexity index is 615. The molecule has 0 aliphatic heterocycles. The SMILES string of the molecule is COc1ccc(C(C)N(C)C(=O)C(C)(C)n2cccc2)cc1. The van der Waals surface area contributed by atoms with Crippen molar-refractivity contribution in [1.29, 1.82) is 0 Å². The molecule has 0 saturated carbocycles. The molecule has 1 heterocycles. The lowest BCUT2D eigenvalue weighted by Crippen LogP contribution is -2.45. The van der Waals surface area contributed by atoms with Crippen LogP contribution < -0.4 is 4.74 Å². The Morgan fingerprint density at radius 1 is 1.18 bits per heavy atom. The predicted octanol–water partition coefficient (Wildman–Crippen LogP) is 3.45. The summed E-state index contributed by atoms with van der Waals surface area (Å²) in [6.07, 6.45) is 3.84. The van der Waals surface area contributed by atoms with Gasteiger partial charge in [-0.2, -0.15) is 0 Å². The zero-order valence-corrected chi connectivity index (χ0v) is 13.9. The summed E-state index contributed by atoms with van der Waals surface area (Å²) in [4.78, 5) is 14.7. The summed E-state index contributed by atoms with van der Waals surface area (Å²) < 4.78 is 7.11. The van der Waals surface area contributed by atoms with Gasteiger partial charge in [-0.25, -0.2) is 0 Å². The largest absolute Gasteiger partial charge is 0.497 e. The van der Waals surface area contributed by atoms with Crippen molar-refractivity contribution in [3.05, 3.63) is 54.4 Å². The van der Waals surface area contributed by atoms with Gasteiger partial charge < -0.3 is 14.2 Å². The molecule has 0 aliphatic carbocycles. The molecule has 0 N–H and O–H groups in total. The molecule has 0 bridgehead atoms. The molecule has 0 aliphatic rings. The standard InChI is InChI=1S/C18H24N2O2/c1-14(15-8-10-16(22-5)11-9-15)19(4)17(21)18(2,3)20-12-6-7-13-20/h6-14H,1-5H3. The highest BCUT2D eigenvalue weighted by atomic mass is 16.5. The van der Waals surface area contributed by atoms with E-state index in [9.17, 15) is 4.79 Å². The first kappa shape index (κ1) is 16.1. The highest BCUT2D eigenvalue weighted by molar-refractivity contribution is 5.84. The van der Waals surface area contributed by atoms with Crippen molar-refractivity contribution >= 4 is 5.91 Å². The minimum absolute atomic E-state index is 0.00626. The van der Waals surface area contributed by atoms with Crippen LogP contribution in [0.25, 0.3) is 0 Å². The number of ether oxygens (including phenoxy) is 1. The number of hydrogen-bond acceptors (Lipinski definition) is 2. The minimum Gasteiger partial charge on any atom is -0.497 e. The van der Waals surface area contributed by atoms with Gasteiger partial charge in [0.05, 0.1) is 13.2 Å². The molecule has 0 spiro atoms. The third-order valence-electron chi connectivity index (χ3n) is 4.27. The predicted molar refractivity (Wildman–Crippen MR) is 87.9 cm³/mol. The summed E-state index contributed by atoms with van der Waals surface area (Å²) in [5.41, 5.74) is 0.471. The van der Waals surface area contributed by atoms with Gasteiger partial charge in [-0.3, -0.25) is 4.79 Å². The molecule has 1 amide bonds. The van der Waals surface area contributed by atoms with Crippen molar-refractivity contribution in [3.8, 4) is 5.75 Å². The molecular weight excluding hydrogens is 276 g/mol. The number of amides is 1. The summed E-state index contributed by atoms with van der Waals surface area (Å²) in [6, 6.07) is 11.7. The number of methoxy groups -OCH3 is 1. The smallest absolute Gasteiger partial charge is 0.248 e. The van der Waals surface area contributed by atoms with Crippen LogP contribution in [0.4, 0.5) is 0 Å². The van der Waals surface area contributed by atoms with Crippen molar-refractivity contribution < 1.29 is 9.53 Å². The van der Waals surface area contributed by atoms with Gasteiger partial charge in [-0.15, -0.1) is 0 Å². The maximum atomic E-state index is 12.9. The molecule has 0 fully saturated rings. The van der Waals surface area contributed by atoms with E-state index in [1.807, 2.05) is 81.2 Å². The first-order valence-corrected chi connectivity index (χ1v) is 7.42. The van der Waals surface area contributed by atoms with E-state index >= 15 is 0 Å². The average molecular weight is 300 g/mol. The lowest BCUT2D eigenvalue weighted by atomic mass is 10.00. The summed E-state index contributed by atoms with van der Waals surface area (Å²) in [6.45, 7) is 5.91. The van der Waals surface area contributed by atoms with Gasteiger partial charge in [0.15, 0.2) is 0 Å². The van der Waals surface area contributed by atoms with E-state index in [2.05, 4.69) is 0 Å². The minimum atomic E-state index is -0.612. The first-order chi connectivity index (χ1) is 10.4. The molecule has 22 heavy (non-hydrogen) atoms. The van der Waals surface area contributed by atoms with Crippen LogP contribution in [0.2, 0.25) is 0 Å². The Morgan fingerprint density at radius 2 is 1.73 bits per heavy atom. The highest BCUT2D eigenvalue weighted by Gasteiger charge is 2.33. The molecular formula is C18H24N2O2. The van der Waals surface area contributed by atoms with Gasteiger partial charge in [-0.1, -0.05) is 12.1 Å². The van der Waals surface area contributed by atoms with Crippen LogP contribution in [-0.4, -0.2) is 29.5 Å². The number of nitrogens with zero attached hydrogens (tertiary/aromatic N) is 2. The quantitative estimate of drug-likeness (QED) is 0.847. The average Bonchev–Trinajstić information content (AvgIpc) is 3.08. The molecule has 1 unspecified atom stereocenters. The Labute approximate surface area is 132 Å². The van der Waals surface area contributed by atoms with Crippen molar-refractivity contribution in [2.45, 2.75) is 32.4 Å². The summed E-state index contributed by atoms with van der Waals surface area (Å²) in [5.74, 6) is 0.893. The van der Waals surface area contributed by atoms with E-state index < -0.39 is 5.54 Å². The number of carbonyl (C=O) groups is 1. The van der Waals surface area contributed by atoms with Crippen LogP contribution in [0.5, 0.6) is 5.75 Å². The van der Waals surface area contributed by atoms with Crippen LogP contribution >= 0.6 is 0 Å². The Balaban J connectivity index is 2.18. The van der Waals surface area contributed by atoms with Crippen LogP contribution in [0.1, 0.15) is 32.4 Å². The van der Waals surface area contributed by atoms with E-state index in [-0.39, 0.29) is 11.9 Å². The molecule has 2 rings (SSSR count). The molecule has 1 atom stereocenters. The van der Waals surface area contributed by atoms with Gasteiger partial charge >= 0.3 is 0 Å². The molecule has 1 aromatic carbocycles. The third kappa shape index (κ3) is 3.01. The second kappa shape index (κ2) is 6.26. The molecule has 1 aromatic heterocycles. The summed E-state index contributed by atoms with van der Waals surface area (Å²) >= 11 is 0. The highest BCUT2D eigenvalue weighted by Crippen LogP contribution is 2.26. The van der Waals surface area contributed by atoms with Gasteiger partial charge in [0, 0.05) is 19.4 Å². The van der Waals surface area contributed by atoms with Crippen molar-refractivity contribution in [2.75, 3.05) is 14.2 Å². The van der Waals surface area contributed by atoms with Gasteiger partial charge in [0.25, 0.3) is 0 Å². The lowest BCUT2D eigenvalue weighted by Gasteiger charge is -2.34. The number of hydrogen-bond donors (Lipinski definition) is 0. The van der Waals surface area contributed by atoms with Crippen LogP contribution in [0, 0.1) is 0 Å². The topological polar surface area (TPSA) is 34.5 Å². The van der Waals surface area contributed by atoms with E-state index in [0.29, 0.717) is 0 Å². The van der Waals surface area contributed by atoms with E-state index in [4.69, 9.17) is 4.74 Å². The van der Waals surface area contributed by atoms with Crippen molar-refractivity contribution in [2.24, 2.45) is 0 Å². The fourth-order valence-corrected chi connectivity index (χ4v) is 2.53. The van der Waals surface area contributed by atoms with E-state index in [1.165, 1.54) is 0 Å². The number of aromatic nitrogens is 1. The van der Waals surface area contributed by atoms with Gasteiger partial charge in [0.1, 0.15) is 11.3 Å². The van der Waals surface area contributed by atoms with Crippen LogP contribution in [0.15, 0.2) is 48.8 Å². The monoisotopic (exact) mass is 300 g/mol. The molecule has 4 nitrogen and oxygen atoms in total. The molecule has 4 heteroatoms. The molecule has 0 saturated heterocycles. The molecule has 118 valence electrons. The fraction of sp³-hybridized carbons (Fsp3) is 0.389. The first-order valence-electron chi connectivity index (χ1n) is 7.42. The zero-order chi connectivity index (χ0) is 16.3. The second-order valence-corrected chi connectivity index (χ2v) is 6.01. The maximum absolute atomic E-state index is 12.9. The lowest BCUT2D eigenvalue weighted by molar-refractivity contribution is -0.139. The van der Waals surface area contributed by atoms with Gasteiger partial charge in [-0.05, 0) is 50.6 Å². The Kier molecular flexibility index (Phi) is 4.59. The summed E-state index contributed by atoms with van der Waals surface area (Å²) in [5, 5.41) is 0. The fourth-order valence-electron chi connectivity index (χ4n) is 2.53. The Hall–Kier alpha value is -2.23. The number of rotatable bonds is 5. The van der Waals surface area contributed by atoms with E-state index in [1.54, 1.807) is 12.0 Å². The van der Waals surface area contributed by atoms with Crippen molar-refractivity contribution in [1.82, 2.24) is 9.47 Å². The third-order valence-corrected chi connectivity index (χ3v) is 4.27. The number of carbonyl (C=O) groups excluding carboxylic acids is 1.